The summed E-state index contributed by atoms with van der Waals surface area (Å²) in [5.41, 5.74) is 1.15. The third kappa shape index (κ3) is 2.33. The van der Waals surface area contributed by atoms with Crippen LogP contribution in [0.25, 0.3) is 0 Å². The summed E-state index contributed by atoms with van der Waals surface area (Å²) in [6.45, 7) is 4.24. The van der Waals surface area contributed by atoms with Gasteiger partial charge in [0.2, 0.25) is 0 Å². The van der Waals surface area contributed by atoms with Gasteiger partial charge in [-0.05, 0) is 24.1 Å². The zero-order valence-corrected chi connectivity index (χ0v) is 7.60. The van der Waals surface area contributed by atoms with Gasteiger partial charge in [0.25, 0.3) is 0 Å². The van der Waals surface area contributed by atoms with Gasteiger partial charge in [0.1, 0.15) is 5.82 Å². The highest BCUT2D eigenvalue weighted by Crippen LogP contribution is 2.19. The molecule has 0 spiro atoms. The van der Waals surface area contributed by atoms with Gasteiger partial charge in [-0.25, -0.2) is 4.39 Å². The van der Waals surface area contributed by atoms with Gasteiger partial charge in [-0.3, -0.25) is 0 Å². The van der Waals surface area contributed by atoms with E-state index in [1.165, 1.54) is 18.1 Å². The Balaban J connectivity index is 2.68. The van der Waals surface area contributed by atoms with Crippen LogP contribution < -0.4 is 0 Å². The van der Waals surface area contributed by atoms with Crippen LogP contribution in [0.15, 0.2) is 24.3 Å². The number of halogens is 1. The van der Waals surface area contributed by atoms with Crippen LogP contribution in [0.1, 0.15) is 32.3 Å². The first-order valence-corrected chi connectivity index (χ1v) is 4.32. The lowest BCUT2D eigenvalue weighted by Gasteiger charge is -2.08. The minimum absolute atomic E-state index is 0.164. The first kappa shape index (κ1) is 9.24. The number of hydrogen-bond donors (Lipinski definition) is 0. The topological polar surface area (TPSA) is 0 Å². The second kappa shape index (κ2) is 4.24. The largest absolute Gasteiger partial charge is 0.207 e. The molecule has 12 heavy (non-hydrogen) atoms. The van der Waals surface area contributed by atoms with E-state index in [0.29, 0.717) is 0 Å². The van der Waals surface area contributed by atoms with Crippen LogP contribution in [0.5, 0.6) is 0 Å². The summed E-state index contributed by atoms with van der Waals surface area (Å²) < 4.78 is 12.5. The van der Waals surface area contributed by atoms with Gasteiger partial charge in [0.15, 0.2) is 0 Å². The second-order valence-corrected chi connectivity index (χ2v) is 3.04. The zero-order chi connectivity index (χ0) is 8.97. The van der Waals surface area contributed by atoms with E-state index in [1.54, 1.807) is 0 Å². The number of rotatable bonds is 3. The Labute approximate surface area is 73.4 Å². The summed E-state index contributed by atoms with van der Waals surface area (Å²) in [5, 5.41) is 0. The van der Waals surface area contributed by atoms with E-state index in [0.717, 1.165) is 18.4 Å². The Morgan fingerprint density at radius 2 is 1.83 bits per heavy atom. The van der Waals surface area contributed by atoms with Gasteiger partial charge in [-0.15, -0.1) is 0 Å². The summed E-state index contributed by atoms with van der Waals surface area (Å²) in [5.74, 6) is 1.17. The molecule has 0 aliphatic rings. The smallest absolute Gasteiger partial charge is 0.123 e. The molecule has 0 unspecified atom stereocenters. The summed E-state index contributed by atoms with van der Waals surface area (Å²) in [4.78, 5) is 0. The Hall–Kier alpha value is -0.850. The van der Waals surface area contributed by atoms with Crippen LogP contribution in [0, 0.1) is 11.7 Å². The predicted octanol–water partition coefficient (Wildman–Crippen LogP) is 3.57. The molecule has 1 aromatic rings. The van der Waals surface area contributed by atoms with Crippen molar-refractivity contribution in [1.29, 1.82) is 0 Å². The van der Waals surface area contributed by atoms with Crippen molar-refractivity contribution < 1.29 is 4.39 Å². The fourth-order valence-electron chi connectivity index (χ4n) is 1.25. The van der Waals surface area contributed by atoms with Gasteiger partial charge in [-0.2, -0.15) is 0 Å². The Morgan fingerprint density at radius 3 is 2.33 bits per heavy atom. The lowest BCUT2D eigenvalue weighted by atomic mass is 9.97. The van der Waals surface area contributed by atoms with Gasteiger partial charge in [0, 0.05) is 5.92 Å². The first-order valence-electron chi connectivity index (χ1n) is 4.32. The van der Waals surface area contributed by atoms with Crippen LogP contribution in [0.4, 0.5) is 4.39 Å². The molecule has 0 fully saturated rings. The van der Waals surface area contributed by atoms with Crippen molar-refractivity contribution in [3.63, 3.8) is 0 Å². The first-order chi connectivity index (χ1) is 5.74. The van der Waals surface area contributed by atoms with Gasteiger partial charge in [-0.1, -0.05) is 32.4 Å². The van der Waals surface area contributed by atoms with Crippen LogP contribution in [0.3, 0.4) is 0 Å². The molecule has 0 aliphatic heterocycles. The van der Waals surface area contributed by atoms with Crippen LogP contribution in [0.2, 0.25) is 0 Å². The fourth-order valence-corrected chi connectivity index (χ4v) is 1.25. The van der Waals surface area contributed by atoms with E-state index >= 15 is 0 Å². The molecular weight excluding hydrogens is 151 g/mol. The van der Waals surface area contributed by atoms with Crippen LogP contribution in [-0.4, -0.2) is 0 Å². The quantitative estimate of drug-likeness (QED) is 0.642. The van der Waals surface area contributed by atoms with Crippen molar-refractivity contribution >= 4 is 0 Å². The Morgan fingerprint density at radius 1 is 1.25 bits per heavy atom. The lowest BCUT2D eigenvalue weighted by molar-refractivity contribution is 0.627. The molecule has 0 saturated heterocycles. The van der Waals surface area contributed by atoms with Gasteiger partial charge >= 0.3 is 0 Å². The molecule has 0 amide bonds. The summed E-state index contributed by atoms with van der Waals surface area (Å²) in [7, 11) is 0. The van der Waals surface area contributed by atoms with Crippen LogP contribution in [-0.2, 0) is 0 Å². The van der Waals surface area contributed by atoms with Crippen molar-refractivity contribution in [3.8, 4) is 0 Å². The van der Waals surface area contributed by atoms with E-state index < -0.39 is 0 Å². The highest BCUT2D eigenvalue weighted by Gasteiger charge is 2.03. The van der Waals surface area contributed by atoms with Gasteiger partial charge < -0.3 is 0 Å². The number of benzene rings is 1. The molecule has 0 heterocycles. The molecule has 1 aromatic carbocycles. The molecular formula is C11H14F. The second-order valence-electron chi connectivity index (χ2n) is 3.04. The third-order valence-corrected chi connectivity index (χ3v) is 1.96. The van der Waals surface area contributed by atoms with E-state index in [1.807, 2.05) is 12.1 Å². The van der Waals surface area contributed by atoms with Gasteiger partial charge in [0.05, 0.1) is 0 Å². The summed E-state index contributed by atoms with van der Waals surface area (Å²) >= 11 is 0. The molecule has 0 atom stereocenters. The van der Waals surface area contributed by atoms with Crippen molar-refractivity contribution in [1.82, 2.24) is 0 Å². The minimum Gasteiger partial charge on any atom is -0.207 e. The Kier molecular flexibility index (Phi) is 3.27. The molecule has 0 aromatic heterocycles. The Bertz CT molecular complexity index is 225. The van der Waals surface area contributed by atoms with Crippen molar-refractivity contribution in [2.24, 2.45) is 0 Å². The molecule has 65 valence electrons. The molecule has 0 aliphatic carbocycles. The standard InChI is InChI=1S/C11H14F/c1-3-4-9(2)10-5-7-11(12)8-6-10/h5-8H,3-4H2,1-2H3. The van der Waals surface area contributed by atoms with Crippen molar-refractivity contribution in [3.05, 3.63) is 41.6 Å². The molecule has 1 radical (unpaired) electrons. The normalized spacial score (nSPS) is 10.7. The maximum Gasteiger partial charge on any atom is 0.123 e. The lowest BCUT2D eigenvalue weighted by Crippen LogP contribution is -1.93. The van der Waals surface area contributed by atoms with E-state index in [-0.39, 0.29) is 5.82 Å². The molecule has 0 N–H and O–H groups in total. The fraction of sp³-hybridized carbons (Fsp3) is 0.364. The SMILES string of the molecule is CCC[C](C)c1ccc(F)cc1. The monoisotopic (exact) mass is 165 g/mol. The predicted molar refractivity (Wildman–Crippen MR) is 49.3 cm³/mol. The molecule has 1 heteroatoms. The van der Waals surface area contributed by atoms with E-state index in [9.17, 15) is 4.39 Å². The van der Waals surface area contributed by atoms with Crippen molar-refractivity contribution in [2.45, 2.75) is 26.7 Å². The summed E-state index contributed by atoms with van der Waals surface area (Å²) in [6, 6.07) is 6.68. The minimum atomic E-state index is -0.164. The highest BCUT2D eigenvalue weighted by molar-refractivity contribution is 5.29. The molecule has 0 nitrogen and oxygen atoms in total. The van der Waals surface area contributed by atoms with Crippen molar-refractivity contribution in [2.75, 3.05) is 0 Å². The van der Waals surface area contributed by atoms with E-state index in [4.69, 9.17) is 0 Å². The highest BCUT2D eigenvalue weighted by atomic mass is 19.1. The maximum atomic E-state index is 12.5. The third-order valence-electron chi connectivity index (χ3n) is 1.96. The maximum absolute atomic E-state index is 12.5. The average molecular weight is 165 g/mol. The molecule has 0 bridgehead atoms. The summed E-state index contributed by atoms with van der Waals surface area (Å²) in [6.07, 6.45) is 2.23. The molecule has 1 rings (SSSR count). The van der Waals surface area contributed by atoms with E-state index in [2.05, 4.69) is 13.8 Å². The molecule has 0 saturated carbocycles. The number of hydrogen-bond acceptors (Lipinski definition) is 0. The zero-order valence-electron chi connectivity index (χ0n) is 7.60. The van der Waals surface area contributed by atoms with Crippen LogP contribution >= 0.6 is 0 Å². The average Bonchev–Trinajstić information content (AvgIpc) is 2.06.